The van der Waals surface area contributed by atoms with Crippen LogP contribution in [0.3, 0.4) is 0 Å². The largest absolute Gasteiger partial charge is 0.489 e. The Balaban J connectivity index is 1.51. The molecule has 160 valence electrons. The van der Waals surface area contributed by atoms with Crippen LogP contribution >= 0.6 is 0 Å². The molecular formula is C25H27N3O3. The molecule has 4 N–H and O–H groups in total. The van der Waals surface area contributed by atoms with Gasteiger partial charge in [-0.1, -0.05) is 54.6 Å². The first kappa shape index (κ1) is 21.1. The number of nitrogens with one attached hydrogen (secondary N) is 3. The van der Waals surface area contributed by atoms with Gasteiger partial charge in [0, 0.05) is 30.1 Å². The summed E-state index contributed by atoms with van der Waals surface area (Å²) in [7, 11) is 0. The molecule has 1 saturated heterocycles. The Hall–Kier alpha value is -3.19. The predicted molar refractivity (Wildman–Crippen MR) is 122 cm³/mol. The average molecular weight is 418 g/mol. The Morgan fingerprint density at radius 3 is 2.68 bits per heavy atom. The van der Waals surface area contributed by atoms with Gasteiger partial charge in [-0.25, -0.2) is 5.48 Å². The second kappa shape index (κ2) is 10.2. The van der Waals surface area contributed by atoms with Crippen molar-refractivity contribution >= 4 is 22.8 Å². The predicted octanol–water partition coefficient (Wildman–Crippen LogP) is 3.37. The second-order valence-electron chi connectivity index (χ2n) is 7.70. The van der Waals surface area contributed by atoms with Crippen LogP contribution in [0.15, 0.2) is 72.3 Å². The molecule has 1 amide bonds. The summed E-state index contributed by atoms with van der Waals surface area (Å²) in [6.45, 7) is 3.19. The lowest BCUT2D eigenvalue weighted by atomic mass is 10.1. The topological polar surface area (TPSA) is 82.6 Å². The molecule has 0 aromatic heterocycles. The molecule has 1 heterocycles. The molecule has 0 bridgehead atoms. The first-order chi connectivity index (χ1) is 15.2. The van der Waals surface area contributed by atoms with Gasteiger partial charge in [0.1, 0.15) is 12.4 Å². The average Bonchev–Trinajstić information content (AvgIpc) is 3.34. The fourth-order valence-electron chi connectivity index (χ4n) is 3.77. The number of amides is 1. The van der Waals surface area contributed by atoms with Crippen LogP contribution in [0.4, 0.5) is 0 Å². The summed E-state index contributed by atoms with van der Waals surface area (Å²) in [5.74, 6) is 0.340. The van der Waals surface area contributed by atoms with Crippen LogP contribution in [-0.4, -0.2) is 43.4 Å². The van der Waals surface area contributed by atoms with Gasteiger partial charge in [0.25, 0.3) is 5.91 Å². The van der Waals surface area contributed by atoms with Crippen molar-refractivity contribution in [3.05, 3.63) is 83.4 Å². The summed E-state index contributed by atoms with van der Waals surface area (Å²) in [6.07, 6.45) is 3.20. The lowest BCUT2D eigenvalue weighted by Crippen LogP contribution is -2.33. The second-order valence-corrected chi connectivity index (χ2v) is 7.70. The van der Waals surface area contributed by atoms with Crippen LogP contribution in [0.1, 0.15) is 22.3 Å². The molecule has 1 atom stereocenters. The molecule has 6 nitrogen and oxygen atoms in total. The van der Waals surface area contributed by atoms with Crippen molar-refractivity contribution in [1.29, 1.82) is 0 Å². The molecule has 4 rings (SSSR count). The normalized spacial score (nSPS) is 16.4. The highest BCUT2D eigenvalue weighted by Gasteiger charge is 2.14. The monoisotopic (exact) mass is 417 g/mol. The zero-order valence-electron chi connectivity index (χ0n) is 17.3. The molecule has 0 spiro atoms. The van der Waals surface area contributed by atoms with Gasteiger partial charge in [-0.05, 0) is 47.7 Å². The van der Waals surface area contributed by atoms with Gasteiger partial charge in [-0.2, -0.15) is 0 Å². The molecule has 1 aliphatic heterocycles. The maximum absolute atomic E-state index is 11.6. The van der Waals surface area contributed by atoms with E-state index in [9.17, 15) is 4.79 Å². The quantitative estimate of drug-likeness (QED) is 0.334. The third kappa shape index (κ3) is 5.49. The Morgan fingerprint density at radius 2 is 1.90 bits per heavy atom. The number of rotatable bonds is 8. The van der Waals surface area contributed by atoms with Crippen LogP contribution in [0.2, 0.25) is 0 Å². The zero-order chi connectivity index (χ0) is 21.5. The van der Waals surface area contributed by atoms with Gasteiger partial charge < -0.3 is 15.4 Å². The highest BCUT2D eigenvalue weighted by Crippen LogP contribution is 2.25. The summed E-state index contributed by atoms with van der Waals surface area (Å²) in [5.41, 5.74) is 4.14. The Labute approximate surface area is 181 Å². The van der Waals surface area contributed by atoms with Gasteiger partial charge in [0.2, 0.25) is 0 Å². The molecule has 0 aliphatic carbocycles. The summed E-state index contributed by atoms with van der Waals surface area (Å²) in [5, 5.41) is 18.0. The number of hydrogen-bond donors (Lipinski definition) is 4. The van der Waals surface area contributed by atoms with E-state index in [0.29, 0.717) is 18.2 Å². The van der Waals surface area contributed by atoms with Crippen molar-refractivity contribution in [3.63, 3.8) is 0 Å². The fourth-order valence-corrected chi connectivity index (χ4v) is 3.77. The molecule has 1 fully saturated rings. The Morgan fingerprint density at radius 1 is 1.10 bits per heavy atom. The number of hydrogen-bond acceptors (Lipinski definition) is 5. The maximum atomic E-state index is 11.6. The molecule has 1 unspecified atom stereocenters. The molecule has 3 aromatic carbocycles. The molecule has 6 heteroatoms. The minimum atomic E-state index is -0.523. The number of hydroxylamine groups is 1. The number of benzene rings is 3. The summed E-state index contributed by atoms with van der Waals surface area (Å²) >= 11 is 0. The lowest BCUT2D eigenvalue weighted by molar-refractivity contribution is 0.0706. The SMILES string of the molecule is O=C(NO)c1ccc(/C=C(/CNC2CCNC2)COc2cccc3ccccc23)cc1. The third-order valence-corrected chi connectivity index (χ3v) is 5.49. The van der Waals surface area contributed by atoms with E-state index in [4.69, 9.17) is 9.94 Å². The van der Waals surface area contributed by atoms with Crippen molar-refractivity contribution in [2.75, 3.05) is 26.2 Å². The molecule has 0 radical (unpaired) electrons. The van der Waals surface area contributed by atoms with Gasteiger partial charge >= 0.3 is 0 Å². The van der Waals surface area contributed by atoms with Gasteiger partial charge in [0.15, 0.2) is 0 Å². The lowest BCUT2D eigenvalue weighted by Gasteiger charge is -2.16. The van der Waals surface area contributed by atoms with Crippen LogP contribution in [-0.2, 0) is 0 Å². The van der Waals surface area contributed by atoms with Crippen LogP contribution in [0, 0.1) is 0 Å². The molecule has 3 aromatic rings. The highest BCUT2D eigenvalue weighted by molar-refractivity contribution is 5.93. The van der Waals surface area contributed by atoms with Gasteiger partial charge in [-0.15, -0.1) is 0 Å². The number of fused-ring (bicyclic) bond motifs is 1. The third-order valence-electron chi connectivity index (χ3n) is 5.49. The van der Waals surface area contributed by atoms with E-state index < -0.39 is 5.91 Å². The smallest absolute Gasteiger partial charge is 0.274 e. The van der Waals surface area contributed by atoms with Crippen molar-refractivity contribution in [3.8, 4) is 5.75 Å². The van der Waals surface area contributed by atoms with Crippen LogP contribution in [0.5, 0.6) is 5.75 Å². The van der Waals surface area contributed by atoms with Crippen molar-refractivity contribution in [2.45, 2.75) is 12.5 Å². The van der Waals surface area contributed by atoms with E-state index in [1.807, 2.05) is 36.4 Å². The fraction of sp³-hybridized carbons (Fsp3) is 0.240. The molecule has 31 heavy (non-hydrogen) atoms. The molecular weight excluding hydrogens is 390 g/mol. The minimum absolute atomic E-state index is 0.406. The Bertz CT molecular complexity index is 1050. The van der Waals surface area contributed by atoms with Crippen molar-refractivity contribution in [1.82, 2.24) is 16.1 Å². The van der Waals surface area contributed by atoms with Crippen LogP contribution in [0.25, 0.3) is 16.8 Å². The maximum Gasteiger partial charge on any atom is 0.274 e. The summed E-state index contributed by atoms with van der Waals surface area (Å²) in [4.78, 5) is 11.6. The van der Waals surface area contributed by atoms with E-state index >= 15 is 0 Å². The summed E-state index contributed by atoms with van der Waals surface area (Å²) in [6, 6.07) is 21.8. The number of carbonyl (C=O) groups is 1. The Kier molecular flexibility index (Phi) is 6.94. The first-order valence-corrected chi connectivity index (χ1v) is 10.5. The van der Waals surface area contributed by atoms with Gasteiger partial charge in [0.05, 0.1) is 0 Å². The highest BCUT2D eigenvalue weighted by atomic mass is 16.5. The van der Waals surface area contributed by atoms with E-state index in [0.717, 1.165) is 53.7 Å². The zero-order valence-corrected chi connectivity index (χ0v) is 17.3. The van der Waals surface area contributed by atoms with E-state index in [-0.39, 0.29) is 0 Å². The van der Waals surface area contributed by atoms with E-state index in [1.54, 1.807) is 17.6 Å². The standard InChI is InChI=1S/C25H27N3O3/c29-25(28-30)21-10-8-18(9-11-21)14-19(15-27-22-12-13-26-16-22)17-31-24-7-3-5-20-4-1-2-6-23(20)24/h1-11,14,22,26-27,30H,12-13,15-17H2,(H,28,29)/b19-14-. The summed E-state index contributed by atoms with van der Waals surface area (Å²) < 4.78 is 6.23. The minimum Gasteiger partial charge on any atom is -0.489 e. The van der Waals surface area contributed by atoms with E-state index in [1.165, 1.54) is 0 Å². The van der Waals surface area contributed by atoms with Gasteiger partial charge in [-0.3, -0.25) is 10.0 Å². The van der Waals surface area contributed by atoms with Crippen molar-refractivity contribution in [2.24, 2.45) is 0 Å². The van der Waals surface area contributed by atoms with Crippen LogP contribution < -0.4 is 20.9 Å². The molecule has 1 aliphatic rings. The van der Waals surface area contributed by atoms with Crippen molar-refractivity contribution < 1.29 is 14.7 Å². The molecule has 0 saturated carbocycles. The number of carbonyl (C=O) groups excluding carboxylic acids is 1. The number of ether oxygens (including phenoxy) is 1. The first-order valence-electron chi connectivity index (χ1n) is 10.5. The van der Waals surface area contributed by atoms with E-state index in [2.05, 4.69) is 34.9 Å².